The van der Waals surface area contributed by atoms with Gasteiger partial charge in [-0.05, 0) is 121 Å². The van der Waals surface area contributed by atoms with E-state index < -0.39 is 59.3 Å². The minimum absolute atomic E-state index is 0.317. The molecule has 16 heteroatoms. The molecule has 5 N–H and O–H groups in total. The molecule has 2 saturated heterocycles. The molecule has 3 heterocycles. The van der Waals surface area contributed by atoms with E-state index in [1.807, 2.05) is 6.07 Å². The van der Waals surface area contributed by atoms with Crippen molar-refractivity contribution in [1.29, 1.82) is 0 Å². The zero-order valence-electron chi connectivity index (χ0n) is 37.5. The van der Waals surface area contributed by atoms with Crippen LogP contribution in [0.25, 0.3) is 22.4 Å². The number of benzene rings is 4. The highest BCUT2D eigenvalue weighted by molar-refractivity contribution is 6.01. The zero-order chi connectivity index (χ0) is 46.6. The van der Waals surface area contributed by atoms with Crippen molar-refractivity contribution in [1.82, 2.24) is 30.0 Å². The van der Waals surface area contributed by atoms with Crippen LogP contribution in [0.1, 0.15) is 90.4 Å². The van der Waals surface area contributed by atoms with Crippen LogP contribution in [0.3, 0.4) is 0 Å². The molecule has 0 aliphatic carbocycles. The van der Waals surface area contributed by atoms with Crippen LogP contribution in [0.5, 0.6) is 0 Å². The minimum Gasteiger partial charge on any atom is -0.465 e. The van der Waals surface area contributed by atoms with E-state index in [0.717, 1.165) is 16.0 Å². The molecule has 16 nitrogen and oxygen atoms in total. The number of amides is 6. The Kier molecular flexibility index (Phi) is 13.3. The number of anilines is 2. The lowest BCUT2D eigenvalue weighted by Crippen LogP contribution is -2.54. The normalized spacial score (nSPS) is 17.3. The van der Waals surface area contributed by atoms with E-state index in [-0.39, 0.29) is 11.8 Å². The molecule has 0 radical (unpaired) electrons. The third kappa shape index (κ3) is 10.6. The second kappa shape index (κ2) is 18.9. The first-order valence-electron chi connectivity index (χ1n) is 21.8. The van der Waals surface area contributed by atoms with Crippen molar-refractivity contribution in [2.24, 2.45) is 0 Å². The number of hydrogen-bond donors (Lipinski definition) is 5. The van der Waals surface area contributed by atoms with Gasteiger partial charge in [0, 0.05) is 35.6 Å². The first-order valence-corrected chi connectivity index (χ1v) is 21.8. The largest absolute Gasteiger partial charge is 0.465 e. The average molecular weight is 885 g/mol. The molecular formula is C49H56N8O8. The van der Waals surface area contributed by atoms with Crippen LogP contribution in [0.15, 0.2) is 103 Å². The highest BCUT2D eigenvalue weighted by atomic mass is 16.6. The summed E-state index contributed by atoms with van der Waals surface area (Å²) in [5, 5.41) is 18.9. The van der Waals surface area contributed by atoms with Crippen molar-refractivity contribution in [3.8, 4) is 11.4 Å². The molecule has 0 unspecified atom stereocenters. The fourth-order valence-corrected chi connectivity index (χ4v) is 8.49. The fourth-order valence-electron chi connectivity index (χ4n) is 8.49. The third-order valence-corrected chi connectivity index (χ3v) is 11.4. The Balaban J connectivity index is 1.01. The summed E-state index contributed by atoms with van der Waals surface area (Å²) in [5.74, 6) is -1.04. The molecule has 0 bridgehead atoms. The van der Waals surface area contributed by atoms with Crippen LogP contribution in [0, 0.1) is 0 Å². The number of likely N-dealkylation sites (tertiary alicyclic amines) is 2. The zero-order valence-corrected chi connectivity index (χ0v) is 37.5. The number of aromatic nitrogens is 2. The molecule has 4 aromatic carbocycles. The van der Waals surface area contributed by atoms with Crippen molar-refractivity contribution >= 4 is 58.2 Å². The summed E-state index contributed by atoms with van der Waals surface area (Å²) in [5.41, 5.74) is 2.47. The predicted molar refractivity (Wildman–Crippen MR) is 246 cm³/mol. The van der Waals surface area contributed by atoms with Gasteiger partial charge in [-0.15, -0.1) is 0 Å². The van der Waals surface area contributed by atoms with Gasteiger partial charge in [0.1, 0.15) is 35.6 Å². The number of fused-ring (bicyclic) bond motifs is 1. The standard InChI is InChI=1S/C49H56N8O8/c1-48(2,3)57(47(63)64)40(31-17-11-8-12-18-31)45(61)56-28-14-20-38(56)42(58)50-33-23-21-32(22-24-33)41-52-35-26-25-34(29-36(35)53-41)51-43(59)37-19-13-27-55(37)44(60)39(30-15-9-7-10-16-30)54-46(62)65-49(4,5)6/h7-12,15-18,21-26,29,37-40H,13-14,19-20,27-28H2,1-6H3,(H,50,58)(H,51,59)(H,52,53)(H,54,62)(H,63,64)/t37-,38-,39-,40-/m0/s1. The number of carbonyl (C=O) groups excluding carboxylic acids is 5. The number of nitrogens with zero attached hydrogens (tertiary/aromatic N) is 4. The third-order valence-electron chi connectivity index (χ3n) is 11.4. The SMILES string of the molecule is CC(C)(C)OC(=O)N[C@H](C(=O)N1CCC[C@H]1C(=O)Nc1ccc2[nH]c(-c3ccc(NC(=O)[C@@H]4CCCN4C(=O)[C@H](c4ccccc4)N(C(=O)O)C(C)(C)C)cc3)nc2c1)c1ccccc1. The molecule has 340 valence electrons. The number of aromatic amines is 1. The Bertz CT molecular complexity index is 2550. The highest BCUT2D eigenvalue weighted by Gasteiger charge is 2.45. The topological polar surface area (TPSA) is 206 Å². The monoisotopic (exact) mass is 884 g/mol. The number of ether oxygens (including phenoxy) is 1. The lowest BCUT2D eigenvalue weighted by Gasteiger charge is -2.41. The highest BCUT2D eigenvalue weighted by Crippen LogP contribution is 2.34. The molecule has 2 aliphatic rings. The molecule has 0 saturated carbocycles. The molecule has 1 aromatic heterocycles. The fraction of sp³-hybridized carbons (Fsp3) is 0.367. The van der Waals surface area contributed by atoms with Gasteiger partial charge >= 0.3 is 12.2 Å². The molecule has 0 spiro atoms. The summed E-state index contributed by atoms with van der Waals surface area (Å²) in [4.78, 5) is 93.4. The van der Waals surface area contributed by atoms with Gasteiger partial charge in [0.2, 0.25) is 11.8 Å². The van der Waals surface area contributed by atoms with Gasteiger partial charge in [-0.3, -0.25) is 24.1 Å². The van der Waals surface area contributed by atoms with Gasteiger partial charge in [-0.2, -0.15) is 0 Å². The van der Waals surface area contributed by atoms with Crippen molar-refractivity contribution in [2.45, 2.75) is 103 Å². The van der Waals surface area contributed by atoms with Crippen LogP contribution in [0.2, 0.25) is 0 Å². The molecular weight excluding hydrogens is 829 g/mol. The van der Waals surface area contributed by atoms with Crippen molar-refractivity contribution in [2.75, 3.05) is 23.7 Å². The van der Waals surface area contributed by atoms with Gasteiger partial charge in [0.25, 0.3) is 11.8 Å². The smallest absolute Gasteiger partial charge is 0.408 e. The maximum atomic E-state index is 14.3. The Morgan fingerprint density at radius 1 is 0.723 bits per heavy atom. The van der Waals surface area contributed by atoms with Crippen LogP contribution < -0.4 is 16.0 Å². The molecule has 2 fully saturated rings. The van der Waals surface area contributed by atoms with Gasteiger partial charge in [0.15, 0.2) is 0 Å². The Morgan fingerprint density at radius 3 is 1.82 bits per heavy atom. The molecule has 5 aromatic rings. The molecule has 6 amide bonds. The molecule has 4 atom stereocenters. The summed E-state index contributed by atoms with van der Waals surface area (Å²) in [6.07, 6.45) is 0.112. The van der Waals surface area contributed by atoms with Crippen molar-refractivity contribution in [3.05, 3.63) is 114 Å². The number of carboxylic acid groups (broad SMARTS) is 1. The maximum Gasteiger partial charge on any atom is 0.408 e. The quantitative estimate of drug-likeness (QED) is 0.0874. The van der Waals surface area contributed by atoms with Crippen LogP contribution in [-0.2, 0) is 23.9 Å². The van der Waals surface area contributed by atoms with Crippen LogP contribution in [0.4, 0.5) is 21.0 Å². The van der Waals surface area contributed by atoms with Crippen molar-refractivity contribution in [3.63, 3.8) is 0 Å². The number of carbonyl (C=O) groups is 6. The number of imidazole rings is 1. The second-order valence-corrected chi connectivity index (χ2v) is 18.4. The number of nitrogens with one attached hydrogen (secondary N) is 4. The number of alkyl carbamates (subject to hydrolysis) is 1. The van der Waals surface area contributed by atoms with Crippen molar-refractivity contribution < 1.29 is 38.6 Å². The number of hydrogen-bond acceptors (Lipinski definition) is 8. The average Bonchev–Trinajstić information content (AvgIpc) is 4.05. The summed E-state index contributed by atoms with van der Waals surface area (Å²) in [6.45, 7) is 11.1. The van der Waals surface area contributed by atoms with E-state index >= 15 is 0 Å². The minimum atomic E-state index is -1.23. The maximum absolute atomic E-state index is 14.3. The Morgan fingerprint density at radius 2 is 1.26 bits per heavy atom. The molecule has 2 aliphatic heterocycles. The van der Waals surface area contributed by atoms with E-state index in [4.69, 9.17) is 9.72 Å². The Hall–Kier alpha value is -7.23. The summed E-state index contributed by atoms with van der Waals surface area (Å²) in [7, 11) is 0. The number of rotatable bonds is 11. The summed E-state index contributed by atoms with van der Waals surface area (Å²) < 4.78 is 5.45. The van der Waals surface area contributed by atoms with E-state index in [9.17, 15) is 33.9 Å². The first-order chi connectivity index (χ1) is 30.9. The molecule has 65 heavy (non-hydrogen) atoms. The molecule has 7 rings (SSSR count). The van der Waals surface area contributed by atoms with Gasteiger partial charge < -0.3 is 40.6 Å². The van der Waals surface area contributed by atoms with Gasteiger partial charge in [-0.25, -0.2) is 14.6 Å². The number of H-pyrrole nitrogens is 1. The lowest BCUT2D eigenvalue weighted by molar-refractivity contribution is -0.142. The lowest BCUT2D eigenvalue weighted by atomic mass is 9.97. The van der Waals surface area contributed by atoms with E-state index in [1.54, 1.807) is 139 Å². The van der Waals surface area contributed by atoms with Gasteiger partial charge in [0.05, 0.1) is 11.0 Å². The van der Waals surface area contributed by atoms with Crippen LogP contribution >= 0.6 is 0 Å². The second-order valence-electron chi connectivity index (χ2n) is 18.4. The van der Waals surface area contributed by atoms with E-state index in [0.29, 0.717) is 72.6 Å². The Labute approximate surface area is 377 Å². The summed E-state index contributed by atoms with van der Waals surface area (Å²) in [6, 6.07) is 26.3. The van der Waals surface area contributed by atoms with E-state index in [2.05, 4.69) is 20.9 Å². The first kappa shape index (κ1) is 45.8. The predicted octanol–water partition coefficient (Wildman–Crippen LogP) is 7.87. The van der Waals surface area contributed by atoms with Crippen LogP contribution in [-0.4, -0.2) is 102 Å². The van der Waals surface area contributed by atoms with E-state index in [1.165, 1.54) is 9.80 Å². The van der Waals surface area contributed by atoms with Gasteiger partial charge in [-0.1, -0.05) is 60.7 Å². The summed E-state index contributed by atoms with van der Waals surface area (Å²) >= 11 is 0.